The van der Waals surface area contributed by atoms with Crippen molar-refractivity contribution in [1.82, 2.24) is 0 Å². The number of aliphatic imine (C=N–C) groups is 1. The number of halogens is 3. The van der Waals surface area contributed by atoms with Crippen molar-refractivity contribution in [3.05, 3.63) is 21.9 Å². The molecule has 0 bridgehead atoms. The Bertz CT molecular complexity index is 483. The van der Waals surface area contributed by atoms with E-state index in [1.165, 1.54) is 11.3 Å². The van der Waals surface area contributed by atoms with Gasteiger partial charge in [0, 0.05) is 11.3 Å². The average molecular weight is 278 g/mol. The number of nitrogens with zero attached hydrogens (tertiary/aromatic N) is 1. The molecule has 7 heteroatoms. The van der Waals surface area contributed by atoms with E-state index in [1.807, 2.05) is 18.4 Å². The van der Waals surface area contributed by atoms with E-state index in [2.05, 4.69) is 9.73 Å². The molecule has 1 aromatic heterocycles. The van der Waals surface area contributed by atoms with Gasteiger partial charge in [-0.1, -0.05) is 0 Å². The summed E-state index contributed by atoms with van der Waals surface area (Å²) in [5.41, 5.74) is 5.40. The molecule has 2 rings (SSSR count). The number of hydrogen-bond donors (Lipinski definition) is 1. The van der Waals surface area contributed by atoms with Crippen molar-refractivity contribution in [2.24, 2.45) is 10.7 Å². The largest absolute Gasteiger partial charge is 0.452 e. The normalized spacial score (nSPS) is 28.7. The van der Waals surface area contributed by atoms with Crippen molar-refractivity contribution in [3.63, 3.8) is 0 Å². The smallest absolute Gasteiger partial charge is 0.425 e. The number of rotatable bonds is 1. The van der Waals surface area contributed by atoms with Crippen molar-refractivity contribution >= 4 is 17.4 Å². The van der Waals surface area contributed by atoms with Crippen LogP contribution >= 0.6 is 11.3 Å². The van der Waals surface area contributed by atoms with Crippen LogP contribution in [-0.4, -0.2) is 18.3 Å². The molecule has 0 aromatic carbocycles. The summed E-state index contributed by atoms with van der Waals surface area (Å²) in [5.74, 6) is 0. The van der Waals surface area contributed by atoms with Gasteiger partial charge in [-0.2, -0.15) is 13.2 Å². The zero-order chi connectivity index (χ0) is 13.6. The zero-order valence-corrected chi connectivity index (χ0v) is 10.7. The van der Waals surface area contributed by atoms with E-state index in [4.69, 9.17) is 5.73 Å². The van der Waals surface area contributed by atoms with Crippen molar-refractivity contribution in [2.45, 2.75) is 38.1 Å². The minimum Gasteiger partial charge on any atom is -0.452 e. The lowest BCUT2D eigenvalue weighted by atomic mass is 9.91. The zero-order valence-electron chi connectivity index (χ0n) is 9.91. The Morgan fingerprint density at radius 1 is 1.56 bits per heavy atom. The van der Waals surface area contributed by atoms with Crippen LogP contribution in [0.5, 0.6) is 0 Å². The van der Waals surface area contributed by atoms with Crippen LogP contribution in [0.3, 0.4) is 0 Å². The van der Waals surface area contributed by atoms with Crippen LogP contribution in [0.25, 0.3) is 0 Å². The second-order valence-corrected chi connectivity index (χ2v) is 5.48. The second-order valence-electron chi connectivity index (χ2n) is 4.56. The first-order valence-corrected chi connectivity index (χ1v) is 6.23. The van der Waals surface area contributed by atoms with E-state index < -0.39 is 23.8 Å². The van der Waals surface area contributed by atoms with Crippen LogP contribution in [-0.2, 0) is 10.3 Å². The quantitative estimate of drug-likeness (QED) is 0.858. The van der Waals surface area contributed by atoms with Crippen LogP contribution in [0.15, 0.2) is 16.4 Å². The molecule has 0 saturated carbocycles. The molecule has 0 radical (unpaired) electrons. The monoisotopic (exact) mass is 278 g/mol. The lowest BCUT2D eigenvalue weighted by molar-refractivity contribution is -0.208. The maximum absolute atomic E-state index is 12.7. The van der Waals surface area contributed by atoms with Gasteiger partial charge in [0.25, 0.3) is 6.02 Å². The fraction of sp³-hybridized carbons (Fsp3) is 0.545. The molecule has 0 amide bonds. The number of ether oxygens (including phenoxy) is 1. The third-order valence-electron chi connectivity index (χ3n) is 2.83. The minimum absolute atomic E-state index is 0.253. The second kappa shape index (κ2) is 4.15. The molecule has 0 unspecified atom stereocenters. The van der Waals surface area contributed by atoms with Crippen LogP contribution < -0.4 is 5.73 Å². The summed E-state index contributed by atoms with van der Waals surface area (Å²) in [7, 11) is 0. The van der Waals surface area contributed by atoms with Crippen molar-refractivity contribution in [2.75, 3.05) is 0 Å². The molecule has 18 heavy (non-hydrogen) atoms. The highest BCUT2D eigenvalue weighted by molar-refractivity contribution is 7.10. The summed E-state index contributed by atoms with van der Waals surface area (Å²) < 4.78 is 42.8. The van der Waals surface area contributed by atoms with E-state index in [-0.39, 0.29) is 6.42 Å². The predicted octanol–water partition coefficient (Wildman–Crippen LogP) is 2.94. The first-order valence-electron chi connectivity index (χ1n) is 5.35. The Morgan fingerprint density at radius 3 is 2.72 bits per heavy atom. The standard InChI is InChI=1S/C11H13F3N2OS/c1-6-3-8(18-5-6)10(2)4-7(11(12,13)14)17-9(15)16-10/h3,5,7H,4H2,1-2H3,(H2,15,16)/t7-,10-/m0/s1. The molecule has 2 atom stereocenters. The molecule has 2 N–H and O–H groups in total. The summed E-state index contributed by atoms with van der Waals surface area (Å²) in [4.78, 5) is 4.81. The third-order valence-corrected chi connectivity index (χ3v) is 4.13. The first-order chi connectivity index (χ1) is 8.21. The molecule has 3 nitrogen and oxygen atoms in total. The summed E-state index contributed by atoms with van der Waals surface area (Å²) in [5, 5.41) is 1.88. The fourth-order valence-electron chi connectivity index (χ4n) is 1.92. The van der Waals surface area contributed by atoms with Gasteiger partial charge in [-0.25, -0.2) is 4.99 Å². The van der Waals surface area contributed by atoms with Crippen LogP contribution in [0, 0.1) is 6.92 Å². The molecule has 0 aliphatic carbocycles. The van der Waals surface area contributed by atoms with Crippen LogP contribution in [0.1, 0.15) is 23.8 Å². The van der Waals surface area contributed by atoms with Gasteiger partial charge < -0.3 is 10.5 Å². The van der Waals surface area contributed by atoms with Crippen LogP contribution in [0.4, 0.5) is 13.2 Å². The number of amidine groups is 1. The minimum atomic E-state index is -4.44. The Kier molecular flexibility index (Phi) is 3.04. The number of aryl methyl sites for hydroxylation is 1. The lowest BCUT2D eigenvalue weighted by Crippen LogP contribution is -2.45. The van der Waals surface area contributed by atoms with E-state index in [0.717, 1.165) is 10.4 Å². The van der Waals surface area contributed by atoms with Crippen molar-refractivity contribution in [1.29, 1.82) is 0 Å². The first kappa shape index (κ1) is 13.2. The van der Waals surface area contributed by atoms with Gasteiger partial charge in [-0.05, 0) is 30.9 Å². The van der Waals surface area contributed by atoms with E-state index in [0.29, 0.717) is 0 Å². The number of alkyl halides is 3. The third kappa shape index (κ3) is 2.45. The topological polar surface area (TPSA) is 47.6 Å². The van der Waals surface area contributed by atoms with E-state index in [9.17, 15) is 13.2 Å². The van der Waals surface area contributed by atoms with Gasteiger partial charge >= 0.3 is 6.18 Å². The van der Waals surface area contributed by atoms with E-state index >= 15 is 0 Å². The Balaban J connectivity index is 2.36. The molecule has 2 heterocycles. The van der Waals surface area contributed by atoms with Gasteiger partial charge in [0.05, 0.1) is 0 Å². The molecule has 0 spiro atoms. The Morgan fingerprint density at radius 2 is 2.22 bits per heavy atom. The molecule has 0 saturated heterocycles. The van der Waals surface area contributed by atoms with Gasteiger partial charge in [0.2, 0.25) is 0 Å². The summed E-state index contributed by atoms with van der Waals surface area (Å²) in [6, 6.07) is 1.43. The molecule has 1 aliphatic rings. The number of hydrogen-bond acceptors (Lipinski definition) is 4. The molecular weight excluding hydrogens is 265 g/mol. The maximum atomic E-state index is 12.7. The van der Waals surface area contributed by atoms with Crippen molar-refractivity contribution in [3.8, 4) is 0 Å². The highest BCUT2D eigenvalue weighted by atomic mass is 32.1. The number of nitrogens with two attached hydrogens (primary N) is 1. The molecule has 1 aromatic rings. The van der Waals surface area contributed by atoms with Gasteiger partial charge in [-0.3, -0.25) is 0 Å². The summed E-state index contributed by atoms with van der Waals surface area (Å²) in [6.07, 6.45) is -6.59. The number of thiophene rings is 1. The Labute approximate surface area is 106 Å². The molecule has 100 valence electrons. The van der Waals surface area contributed by atoms with Crippen molar-refractivity contribution < 1.29 is 17.9 Å². The SMILES string of the molecule is Cc1csc([C@]2(C)C[C@@H](C(F)(F)F)OC(N)=N2)c1. The summed E-state index contributed by atoms with van der Waals surface area (Å²) in [6.45, 7) is 3.53. The fourth-order valence-corrected chi connectivity index (χ4v) is 2.93. The average Bonchev–Trinajstić information content (AvgIpc) is 2.63. The van der Waals surface area contributed by atoms with Gasteiger partial charge in [0.1, 0.15) is 5.54 Å². The lowest BCUT2D eigenvalue weighted by Gasteiger charge is -2.34. The molecule has 0 fully saturated rings. The highest BCUT2D eigenvalue weighted by Crippen LogP contribution is 2.41. The summed E-state index contributed by atoms with van der Waals surface area (Å²) >= 11 is 1.38. The predicted molar refractivity (Wildman–Crippen MR) is 63.6 cm³/mol. The molecular formula is C11H13F3N2OS. The van der Waals surface area contributed by atoms with Gasteiger partial charge in [0.15, 0.2) is 6.10 Å². The van der Waals surface area contributed by atoms with E-state index in [1.54, 1.807) is 6.92 Å². The van der Waals surface area contributed by atoms with Crippen LogP contribution in [0.2, 0.25) is 0 Å². The molecule has 1 aliphatic heterocycles. The maximum Gasteiger partial charge on any atom is 0.425 e. The Hall–Kier alpha value is -1.24. The highest BCUT2D eigenvalue weighted by Gasteiger charge is 2.49. The van der Waals surface area contributed by atoms with Gasteiger partial charge in [-0.15, -0.1) is 11.3 Å².